The van der Waals surface area contributed by atoms with Crippen LogP contribution in [0.3, 0.4) is 0 Å². The first-order valence-corrected chi connectivity index (χ1v) is 6.86. The smallest absolute Gasteiger partial charge is 0.393 e. The minimum Gasteiger partial charge on any atom is -0.393 e. The molecular formula is C14H19F3N2O. The van der Waals surface area contributed by atoms with Crippen LogP contribution in [0.4, 0.5) is 13.2 Å². The molecule has 0 aliphatic heterocycles. The number of rotatable bonds is 2. The molecule has 1 aliphatic carbocycles. The fraction of sp³-hybridized carbons (Fsp3) is 0.714. The maximum Gasteiger partial charge on any atom is 0.434 e. The summed E-state index contributed by atoms with van der Waals surface area (Å²) < 4.78 is 37.3. The van der Waals surface area contributed by atoms with Gasteiger partial charge in [0.2, 0.25) is 0 Å². The molecule has 0 amide bonds. The van der Waals surface area contributed by atoms with Crippen LogP contribution in [0.25, 0.3) is 0 Å². The molecule has 6 heteroatoms. The van der Waals surface area contributed by atoms with E-state index in [4.69, 9.17) is 0 Å². The average molecular weight is 288 g/mol. The fourth-order valence-corrected chi connectivity index (χ4v) is 2.91. The first-order chi connectivity index (χ1) is 9.29. The van der Waals surface area contributed by atoms with Gasteiger partial charge in [0.1, 0.15) is 0 Å². The summed E-state index contributed by atoms with van der Waals surface area (Å²) >= 11 is 0. The standard InChI is InChI=1S/C14H19F3N2O/c1-8(2)10-4-3-9(5-12(10)20)11-6-19-13(7-18-11)14(15,16)17/h6-10,12,20H,3-5H2,1-2H3. The highest BCUT2D eigenvalue weighted by molar-refractivity contribution is 5.11. The maximum absolute atomic E-state index is 12.4. The van der Waals surface area contributed by atoms with Crippen molar-refractivity contribution in [2.24, 2.45) is 11.8 Å². The highest BCUT2D eigenvalue weighted by atomic mass is 19.4. The molecule has 1 N–H and O–H groups in total. The minimum atomic E-state index is -4.46. The molecule has 1 aromatic heterocycles. The molecular weight excluding hydrogens is 269 g/mol. The summed E-state index contributed by atoms with van der Waals surface area (Å²) in [4.78, 5) is 7.31. The third kappa shape index (κ3) is 3.29. The predicted molar refractivity (Wildman–Crippen MR) is 68.0 cm³/mol. The van der Waals surface area contributed by atoms with Crippen LogP contribution in [0.15, 0.2) is 12.4 Å². The molecule has 1 fully saturated rings. The molecule has 1 aliphatic rings. The Hall–Kier alpha value is -1.17. The van der Waals surface area contributed by atoms with E-state index in [0.29, 0.717) is 18.0 Å². The van der Waals surface area contributed by atoms with Gasteiger partial charge >= 0.3 is 6.18 Å². The summed E-state index contributed by atoms with van der Waals surface area (Å²) in [6.07, 6.45) is -0.667. The van der Waals surface area contributed by atoms with E-state index >= 15 is 0 Å². The maximum atomic E-state index is 12.4. The number of nitrogens with zero attached hydrogens (tertiary/aromatic N) is 2. The molecule has 0 aromatic carbocycles. The van der Waals surface area contributed by atoms with Crippen LogP contribution >= 0.6 is 0 Å². The lowest BCUT2D eigenvalue weighted by Crippen LogP contribution is -2.32. The van der Waals surface area contributed by atoms with E-state index in [1.165, 1.54) is 6.20 Å². The van der Waals surface area contributed by atoms with Gasteiger partial charge in [-0.1, -0.05) is 13.8 Å². The van der Waals surface area contributed by atoms with Crippen molar-refractivity contribution in [3.63, 3.8) is 0 Å². The quantitative estimate of drug-likeness (QED) is 0.907. The Kier molecular flexibility index (Phi) is 4.32. The van der Waals surface area contributed by atoms with Gasteiger partial charge in [-0.15, -0.1) is 0 Å². The third-order valence-electron chi connectivity index (χ3n) is 4.11. The lowest BCUT2D eigenvalue weighted by atomic mass is 9.74. The molecule has 1 saturated carbocycles. The lowest BCUT2D eigenvalue weighted by Gasteiger charge is -2.35. The van der Waals surface area contributed by atoms with Gasteiger partial charge < -0.3 is 5.11 Å². The summed E-state index contributed by atoms with van der Waals surface area (Å²) in [5.41, 5.74) is -0.433. The zero-order valence-electron chi connectivity index (χ0n) is 11.6. The van der Waals surface area contributed by atoms with E-state index in [-0.39, 0.29) is 11.8 Å². The molecule has 20 heavy (non-hydrogen) atoms. The molecule has 3 nitrogen and oxygen atoms in total. The van der Waals surface area contributed by atoms with Gasteiger partial charge in [0.25, 0.3) is 0 Å². The van der Waals surface area contributed by atoms with E-state index in [2.05, 4.69) is 23.8 Å². The van der Waals surface area contributed by atoms with Crippen molar-refractivity contribution in [3.8, 4) is 0 Å². The number of hydrogen-bond donors (Lipinski definition) is 1. The van der Waals surface area contributed by atoms with E-state index in [9.17, 15) is 18.3 Å². The molecule has 0 radical (unpaired) electrons. The van der Waals surface area contributed by atoms with Gasteiger partial charge in [-0.2, -0.15) is 13.2 Å². The molecule has 0 bridgehead atoms. The van der Waals surface area contributed by atoms with Crippen molar-refractivity contribution in [1.29, 1.82) is 0 Å². The molecule has 3 unspecified atom stereocenters. The van der Waals surface area contributed by atoms with E-state index in [1.54, 1.807) is 0 Å². The Morgan fingerprint density at radius 3 is 2.35 bits per heavy atom. The second-order valence-electron chi connectivity index (χ2n) is 5.81. The zero-order valence-corrected chi connectivity index (χ0v) is 11.6. The van der Waals surface area contributed by atoms with Crippen LogP contribution in [0.1, 0.15) is 50.4 Å². The highest BCUT2D eigenvalue weighted by Crippen LogP contribution is 2.38. The van der Waals surface area contributed by atoms with Crippen molar-refractivity contribution in [3.05, 3.63) is 23.8 Å². The Labute approximate surface area is 116 Å². The second kappa shape index (κ2) is 5.68. The molecule has 1 aromatic rings. The first kappa shape index (κ1) is 15.2. The summed E-state index contributed by atoms with van der Waals surface area (Å²) in [7, 11) is 0. The topological polar surface area (TPSA) is 46.0 Å². The SMILES string of the molecule is CC(C)C1CCC(c2cnc(C(F)(F)F)cn2)CC1O. The van der Waals surface area contributed by atoms with E-state index in [0.717, 1.165) is 19.0 Å². The predicted octanol–water partition coefficient (Wildman–Crippen LogP) is 3.40. The van der Waals surface area contributed by atoms with Crippen LogP contribution in [0, 0.1) is 11.8 Å². The third-order valence-corrected chi connectivity index (χ3v) is 4.11. The summed E-state index contributed by atoms with van der Waals surface area (Å²) in [6, 6.07) is 0. The van der Waals surface area contributed by atoms with Gasteiger partial charge in [-0.05, 0) is 31.1 Å². The zero-order chi connectivity index (χ0) is 14.9. The van der Waals surface area contributed by atoms with E-state index < -0.39 is 18.0 Å². The van der Waals surface area contributed by atoms with Crippen molar-refractivity contribution in [2.75, 3.05) is 0 Å². The van der Waals surface area contributed by atoms with Crippen molar-refractivity contribution in [1.82, 2.24) is 9.97 Å². The fourth-order valence-electron chi connectivity index (χ4n) is 2.91. The Bertz CT molecular complexity index is 445. The van der Waals surface area contributed by atoms with Crippen LogP contribution in [0.2, 0.25) is 0 Å². The van der Waals surface area contributed by atoms with Gasteiger partial charge in [-0.3, -0.25) is 4.98 Å². The number of alkyl halides is 3. The lowest BCUT2D eigenvalue weighted by molar-refractivity contribution is -0.141. The van der Waals surface area contributed by atoms with Gasteiger partial charge in [0, 0.05) is 12.1 Å². The van der Waals surface area contributed by atoms with Crippen LogP contribution in [0.5, 0.6) is 0 Å². The van der Waals surface area contributed by atoms with Crippen molar-refractivity contribution < 1.29 is 18.3 Å². The van der Waals surface area contributed by atoms with Crippen LogP contribution in [-0.2, 0) is 6.18 Å². The van der Waals surface area contributed by atoms with Crippen LogP contribution in [-0.4, -0.2) is 21.2 Å². The highest BCUT2D eigenvalue weighted by Gasteiger charge is 2.35. The molecule has 1 heterocycles. The van der Waals surface area contributed by atoms with Gasteiger partial charge in [0.05, 0.1) is 18.0 Å². The van der Waals surface area contributed by atoms with Crippen molar-refractivity contribution in [2.45, 2.75) is 51.3 Å². The van der Waals surface area contributed by atoms with E-state index in [1.807, 2.05) is 0 Å². The van der Waals surface area contributed by atoms with Crippen LogP contribution < -0.4 is 0 Å². The molecule has 112 valence electrons. The minimum absolute atomic E-state index is 0.00483. The normalized spacial score (nSPS) is 27.9. The number of aliphatic hydroxyl groups excluding tert-OH is 1. The molecule has 0 spiro atoms. The Morgan fingerprint density at radius 1 is 1.20 bits per heavy atom. The first-order valence-electron chi connectivity index (χ1n) is 6.86. The van der Waals surface area contributed by atoms with Gasteiger partial charge in [0.15, 0.2) is 5.69 Å². The summed E-state index contributed by atoms with van der Waals surface area (Å²) in [5.74, 6) is 0.660. The van der Waals surface area contributed by atoms with Gasteiger partial charge in [-0.25, -0.2) is 4.98 Å². The molecule has 2 rings (SSSR count). The molecule has 3 atom stereocenters. The summed E-state index contributed by atoms with van der Waals surface area (Å²) in [6.45, 7) is 4.15. The monoisotopic (exact) mass is 288 g/mol. The number of aromatic nitrogens is 2. The largest absolute Gasteiger partial charge is 0.434 e. The van der Waals surface area contributed by atoms with Crippen molar-refractivity contribution >= 4 is 0 Å². The number of halogens is 3. The Morgan fingerprint density at radius 2 is 1.90 bits per heavy atom. The molecule has 0 saturated heterocycles. The second-order valence-corrected chi connectivity index (χ2v) is 5.81. The summed E-state index contributed by atoms with van der Waals surface area (Å²) in [5, 5.41) is 10.1. The number of hydrogen-bond acceptors (Lipinski definition) is 3. The average Bonchev–Trinajstić information content (AvgIpc) is 2.37. The Balaban J connectivity index is 2.07. The number of aliphatic hydroxyl groups is 1.